The summed E-state index contributed by atoms with van der Waals surface area (Å²) in [7, 11) is 0. The standard InChI is InChI=1S/C6H6FN/c1-3-4-5-8-6(2)7/h1,4-5H,2H3/b5-4-,8-6?. The molecule has 0 heterocycles. The van der Waals surface area contributed by atoms with Gasteiger partial charge in [-0.3, -0.25) is 0 Å². The van der Waals surface area contributed by atoms with Crippen LogP contribution in [0.1, 0.15) is 6.92 Å². The lowest BCUT2D eigenvalue weighted by Crippen LogP contribution is -1.71. The van der Waals surface area contributed by atoms with Gasteiger partial charge in [-0.25, -0.2) is 4.99 Å². The molecule has 0 aliphatic carbocycles. The lowest BCUT2D eigenvalue weighted by atomic mass is 10.6. The number of allylic oxidation sites excluding steroid dienone is 1. The summed E-state index contributed by atoms with van der Waals surface area (Å²) in [6.07, 6.45) is 7.34. The number of hydrogen-bond donors (Lipinski definition) is 0. The van der Waals surface area contributed by atoms with Crippen molar-refractivity contribution >= 4 is 5.97 Å². The molecule has 0 aliphatic rings. The molecule has 2 heteroatoms. The van der Waals surface area contributed by atoms with E-state index in [9.17, 15) is 4.39 Å². The van der Waals surface area contributed by atoms with E-state index in [4.69, 9.17) is 6.42 Å². The van der Waals surface area contributed by atoms with Crippen molar-refractivity contribution in [3.63, 3.8) is 0 Å². The van der Waals surface area contributed by atoms with Crippen LogP contribution in [-0.4, -0.2) is 5.97 Å². The zero-order chi connectivity index (χ0) is 6.41. The predicted molar refractivity (Wildman–Crippen MR) is 32.2 cm³/mol. The highest BCUT2D eigenvalue weighted by atomic mass is 19.1. The molecular formula is C6H6FN. The molecule has 0 aromatic rings. The first-order valence-electron chi connectivity index (χ1n) is 2.08. The zero-order valence-corrected chi connectivity index (χ0v) is 4.56. The Morgan fingerprint density at radius 1 is 1.88 bits per heavy atom. The number of halogens is 1. The second-order valence-electron chi connectivity index (χ2n) is 1.11. The Kier molecular flexibility index (Phi) is 3.51. The average molecular weight is 111 g/mol. The molecule has 42 valence electrons. The van der Waals surface area contributed by atoms with Crippen molar-refractivity contribution in [1.82, 2.24) is 0 Å². The number of hydrogen-bond acceptors (Lipinski definition) is 1. The third kappa shape index (κ3) is 4.90. The van der Waals surface area contributed by atoms with E-state index >= 15 is 0 Å². The SMILES string of the molecule is C#C/C=C\N=C(C)F. The fraction of sp³-hybridized carbons (Fsp3) is 0.167. The molecule has 0 rings (SSSR count). The summed E-state index contributed by atoms with van der Waals surface area (Å²) in [6, 6.07) is 0. The lowest BCUT2D eigenvalue weighted by molar-refractivity contribution is 0.798. The molecule has 8 heavy (non-hydrogen) atoms. The van der Waals surface area contributed by atoms with Crippen LogP contribution in [0.15, 0.2) is 17.3 Å². The van der Waals surface area contributed by atoms with E-state index in [-0.39, 0.29) is 0 Å². The third-order valence-corrected chi connectivity index (χ3v) is 0.423. The lowest BCUT2D eigenvalue weighted by Gasteiger charge is -1.73. The van der Waals surface area contributed by atoms with Crippen LogP contribution in [0.4, 0.5) is 4.39 Å². The molecule has 0 saturated carbocycles. The molecule has 0 fully saturated rings. The topological polar surface area (TPSA) is 12.4 Å². The van der Waals surface area contributed by atoms with Crippen molar-refractivity contribution in [2.45, 2.75) is 6.92 Å². The van der Waals surface area contributed by atoms with Gasteiger partial charge in [0.05, 0.1) is 0 Å². The van der Waals surface area contributed by atoms with Crippen LogP contribution in [0.5, 0.6) is 0 Å². The minimum atomic E-state index is -0.489. The normalized spacial score (nSPS) is 11.9. The van der Waals surface area contributed by atoms with Crippen LogP contribution < -0.4 is 0 Å². The number of rotatable bonds is 1. The second kappa shape index (κ2) is 4.07. The van der Waals surface area contributed by atoms with E-state index in [2.05, 4.69) is 10.9 Å². The number of terminal acetylenes is 1. The van der Waals surface area contributed by atoms with Crippen LogP contribution in [-0.2, 0) is 0 Å². The van der Waals surface area contributed by atoms with Crippen LogP contribution >= 0.6 is 0 Å². The summed E-state index contributed by atoms with van der Waals surface area (Å²) in [5.74, 6) is 1.68. The molecule has 0 bridgehead atoms. The van der Waals surface area contributed by atoms with Gasteiger partial charge < -0.3 is 0 Å². The Balaban J connectivity index is 3.63. The highest BCUT2D eigenvalue weighted by Gasteiger charge is 1.73. The van der Waals surface area contributed by atoms with Gasteiger partial charge in [-0.1, -0.05) is 5.92 Å². The molecule has 0 N–H and O–H groups in total. The molecule has 0 aliphatic heterocycles. The predicted octanol–water partition coefficient (Wildman–Crippen LogP) is 1.52. The smallest absolute Gasteiger partial charge is 0.185 e. The maximum atomic E-state index is 11.7. The van der Waals surface area contributed by atoms with Gasteiger partial charge in [0.25, 0.3) is 0 Å². The van der Waals surface area contributed by atoms with Crippen molar-refractivity contribution in [3.05, 3.63) is 12.3 Å². The maximum Gasteiger partial charge on any atom is 0.185 e. The Morgan fingerprint density at radius 3 is 2.88 bits per heavy atom. The van der Waals surface area contributed by atoms with Crippen molar-refractivity contribution in [1.29, 1.82) is 0 Å². The summed E-state index contributed by atoms with van der Waals surface area (Å²) in [5, 5.41) is 0. The largest absolute Gasteiger partial charge is 0.232 e. The zero-order valence-electron chi connectivity index (χ0n) is 4.56. The van der Waals surface area contributed by atoms with E-state index in [0.717, 1.165) is 0 Å². The molecule has 0 radical (unpaired) electrons. The van der Waals surface area contributed by atoms with Gasteiger partial charge >= 0.3 is 0 Å². The van der Waals surface area contributed by atoms with Gasteiger partial charge in [0.15, 0.2) is 5.97 Å². The molecule has 0 atom stereocenters. The molecule has 0 spiro atoms. The summed E-state index contributed by atoms with van der Waals surface area (Å²) >= 11 is 0. The van der Waals surface area contributed by atoms with Crippen LogP contribution in [0.25, 0.3) is 0 Å². The first-order valence-corrected chi connectivity index (χ1v) is 2.08. The van der Waals surface area contributed by atoms with Gasteiger partial charge in [-0.2, -0.15) is 4.39 Å². The Bertz CT molecular complexity index is 146. The quantitative estimate of drug-likeness (QED) is 0.359. The van der Waals surface area contributed by atoms with Crippen molar-refractivity contribution < 1.29 is 4.39 Å². The van der Waals surface area contributed by atoms with Gasteiger partial charge in [-0.05, 0) is 0 Å². The average Bonchev–Trinajstić information content (AvgIpc) is 1.66. The minimum Gasteiger partial charge on any atom is -0.232 e. The molecule has 0 aromatic carbocycles. The maximum absolute atomic E-state index is 11.7. The first kappa shape index (κ1) is 6.90. The van der Waals surface area contributed by atoms with Crippen LogP contribution in [0.2, 0.25) is 0 Å². The van der Waals surface area contributed by atoms with Gasteiger partial charge in [-0.15, -0.1) is 6.42 Å². The summed E-state index contributed by atoms with van der Waals surface area (Å²) < 4.78 is 11.7. The highest BCUT2D eigenvalue weighted by Crippen LogP contribution is 1.78. The molecule has 1 nitrogen and oxygen atoms in total. The van der Waals surface area contributed by atoms with E-state index < -0.39 is 5.97 Å². The van der Waals surface area contributed by atoms with Crippen LogP contribution in [0, 0.1) is 12.3 Å². The Labute approximate surface area is 47.9 Å². The van der Waals surface area contributed by atoms with Crippen molar-refractivity contribution in [2.24, 2.45) is 4.99 Å². The molecule has 0 amide bonds. The van der Waals surface area contributed by atoms with Gasteiger partial charge in [0.2, 0.25) is 0 Å². The van der Waals surface area contributed by atoms with Gasteiger partial charge in [0.1, 0.15) is 0 Å². The molecular weight excluding hydrogens is 105 g/mol. The van der Waals surface area contributed by atoms with Gasteiger partial charge in [0, 0.05) is 19.2 Å². The number of nitrogens with zero attached hydrogens (tertiary/aromatic N) is 1. The van der Waals surface area contributed by atoms with E-state index in [1.165, 1.54) is 19.2 Å². The molecule has 0 unspecified atom stereocenters. The number of aliphatic imine (C=N–C) groups is 1. The van der Waals surface area contributed by atoms with Crippen molar-refractivity contribution in [2.75, 3.05) is 0 Å². The van der Waals surface area contributed by atoms with Crippen LogP contribution in [0.3, 0.4) is 0 Å². The fourth-order valence-electron chi connectivity index (χ4n) is 0.183. The minimum absolute atomic E-state index is 0.489. The second-order valence-corrected chi connectivity index (χ2v) is 1.11. The summed E-state index contributed by atoms with van der Waals surface area (Å²) in [5.41, 5.74) is 0. The van der Waals surface area contributed by atoms with E-state index in [1.807, 2.05) is 0 Å². The summed E-state index contributed by atoms with van der Waals surface area (Å²) in [6.45, 7) is 1.25. The molecule has 0 saturated heterocycles. The highest BCUT2D eigenvalue weighted by molar-refractivity contribution is 5.72. The fourth-order valence-corrected chi connectivity index (χ4v) is 0.183. The summed E-state index contributed by atoms with van der Waals surface area (Å²) in [4.78, 5) is 3.24. The molecule has 0 aromatic heterocycles. The van der Waals surface area contributed by atoms with E-state index in [1.54, 1.807) is 0 Å². The van der Waals surface area contributed by atoms with Crippen molar-refractivity contribution in [3.8, 4) is 12.3 Å². The van der Waals surface area contributed by atoms with E-state index in [0.29, 0.717) is 0 Å². The third-order valence-electron chi connectivity index (χ3n) is 0.423. The first-order chi connectivity index (χ1) is 3.77. The Hall–Kier alpha value is -1.10. The Morgan fingerprint density at radius 2 is 2.50 bits per heavy atom. The monoisotopic (exact) mass is 111 g/mol.